The van der Waals surface area contributed by atoms with Gasteiger partial charge in [-0.05, 0) is 30.1 Å². The molecule has 0 rings (SSSR count). The second-order valence-electron chi connectivity index (χ2n) is 6.99. The average molecular weight is 269 g/mol. The lowest BCUT2D eigenvalue weighted by Gasteiger charge is -2.29. The first-order chi connectivity index (χ1) is 9.06. The van der Waals surface area contributed by atoms with Crippen molar-refractivity contribution in [1.29, 1.82) is 0 Å². The van der Waals surface area contributed by atoms with E-state index in [0.29, 0.717) is 0 Å². The van der Waals surface area contributed by atoms with E-state index in [9.17, 15) is 0 Å². The highest BCUT2D eigenvalue weighted by atomic mass is 14.3. The molecule has 0 aromatic carbocycles. The molecule has 0 amide bonds. The zero-order valence-electron chi connectivity index (χ0n) is 14.7. The highest BCUT2D eigenvalue weighted by Gasteiger charge is 2.21. The molecule has 0 saturated carbocycles. The minimum Gasteiger partial charge on any atom is -0.0654 e. The van der Waals surface area contributed by atoms with E-state index in [2.05, 4.69) is 41.5 Å². The molecule has 0 saturated heterocycles. The molecule has 19 heavy (non-hydrogen) atoms. The molecule has 0 spiro atoms. The highest BCUT2D eigenvalue weighted by molar-refractivity contribution is 4.72. The third-order valence-electron chi connectivity index (χ3n) is 5.18. The first kappa shape index (κ1) is 19.0. The topological polar surface area (TPSA) is 0 Å². The van der Waals surface area contributed by atoms with Gasteiger partial charge in [-0.1, -0.05) is 92.9 Å². The molecule has 0 aromatic heterocycles. The van der Waals surface area contributed by atoms with E-state index in [1.54, 1.807) is 0 Å². The lowest BCUT2D eigenvalue weighted by atomic mass is 9.76. The molecule has 0 N–H and O–H groups in total. The molecule has 0 bridgehead atoms. The molecule has 0 heterocycles. The summed E-state index contributed by atoms with van der Waals surface area (Å²) in [5.74, 6) is 3.69. The van der Waals surface area contributed by atoms with Gasteiger partial charge in [0.1, 0.15) is 0 Å². The zero-order valence-corrected chi connectivity index (χ0v) is 14.7. The van der Waals surface area contributed by atoms with E-state index in [1.165, 1.54) is 57.8 Å². The number of rotatable bonds is 12. The van der Waals surface area contributed by atoms with Gasteiger partial charge in [0, 0.05) is 0 Å². The molecule has 0 fully saturated rings. The van der Waals surface area contributed by atoms with Crippen LogP contribution in [-0.2, 0) is 0 Å². The van der Waals surface area contributed by atoms with Crippen molar-refractivity contribution in [3.63, 3.8) is 0 Å². The fraction of sp³-hybridized carbons (Fsp3) is 1.00. The van der Waals surface area contributed by atoms with Gasteiger partial charge in [0.05, 0.1) is 0 Å². The van der Waals surface area contributed by atoms with Gasteiger partial charge in [-0.3, -0.25) is 0 Å². The summed E-state index contributed by atoms with van der Waals surface area (Å²) < 4.78 is 0. The minimum absolute atomic E-state index is 0.896. The maximum Gasteiger partial charge on any atom is -0.0391 e. The van der Waals surface area contributed by atoms with Gasteiger partial charge in [0.15, 0.2) is 0 Å². The van der Waals surface area contributed by atoms with Crippen LogP contribution in [0, 0.1) is 23.7 Å². The molecule has 0 aliphatic heterocycles. The molecular formula is C19H40. The summed E-state index contributed by atoms with van der Waals surface area (Å²) in [5, 5.41) is 0. The molecule has 0 aliphatic rings. The molecule has 4 atom stereocenters. The second-order valence-corrected chi connectivity index (χ2v) is 6.99. The monoisotopic (exact) mass is 268 g/mol. The standard InChI is InChI=1S/C19H40/c1-7-10-13-16(4)18(6)17(5)15-19(12-9-3)14-11-8-2/h16-19H,7-15H2,1-6H3. The summed E-state index contributed by atoms with van der Waals surface area (Å²) in [6.45, 7) is 14.4. The van der Waals surface area contributed by atoms with E-state index in [1.807, 2.05) is 0 Å². The Hall–Kier alpha value is 0. The Kier molecular flexibility index (Phi) is 11.8. The van der Waals surface area contributed by atoms with Gasteiger partial charge in [0.25, 0.3) is 0 Å². The van der Waals surface area contributed by atoms with Crippen LogP contribution >= 0.6 is 0 Å². The van der Waals surface area contributed by atoms with Crippen molar-refractivity contribution in [1.82, 2.24) is 0 Å². The van der Waals surface area contributed by atoms with E-state index < -0.39 is 0 Å². The normalized spacial score (nSPS) is 18.0. The van der Waals surface area contributed by atoms with Gasteiger partial charge in [-0.15, -0.1) is 0 Å². The quantitative estimate of drug-likeness (QED) is 0.354. The second kappa shape index (κ2) is 11.8. The minimum atomic E-state index is 0.896. The SMILES string of the molecule is CCCCC(CCC)CC(C)C(C)C(C)CCCC. The summed E-state index contributed by atoms with van der Waals surface area (Å²) in [6.07, 6.45) is 12.7. The summed E-state index contributed by atoms with van der Waals surface area (Å²) in [4.78, 5) is 0. The van der Waals surface area contributed by atoms with Crippen molar-refractivity contribution in [2.24, 2.45) is 23.7 Å². The van der Waals surface area contributed by atoms with Crippen molar-refractivity contribution in [3.05, 3.63) is 0 Å². The summed E-state index contributed by atoms with van der Waals surface area (Å²) >= 11 is 0. The van der Waals surface area contributed by atoms with Crippen LogP contribution in [0.4, 0.5) is 0 Å². The Bertz CT molecular complexity index is 184. The van der Waals surface area contributed by atoms with E-state index in [4.69, 9.17) is 0 Å². The molecule has 0 aromatic rings. The average Bonchev–Trinajstić information content (AvgIpc) is 2.41. The number of hydrogen-bond donors (Lipinski definition) is 0. The largest absolute Gasteiger partial charge is 0.0654 e. The lowest BCUT2D eigenvalue weighted by molar-refractivity contribution is 0.213. The maximum atomic E-state index is 2.50. The highest BCUT2D eigenvalue weighted by Crippen LogP contribution is 2.32. The van der Waals surface area contributed by atoms with E-state index >= 15 is 0 Å². The Labute approximate surface area is 123 Å². The molecule has 4 unspecified atom stereocenters. The number of unbranched alkanes of at least 4 members (excludes halogenated alkanes) is 2. The van der Waals surface area contributed by atoms with Crippen LogP contribution in [0.15, 0.2) is 0 Å². The van der Waals surface area contributed by atoms with Crippen LogP contribution < -0.4 is 0 Å². The third kappa shape index (κ3) is 8.71. The first-order valence-electron chi connectivity index (χ1n) is 9.06. The van der Waals surface area contributed by atoms with Crippen LogP contribution in [-0.4, -0.2) is 0 Å². The lowest BCUT2D eigenvalue weighted by Crippen LogP contribution is -2.19. The van der Waals surface area contributed by atoms with Gasteiger partial charge in [-0.2, -0.15) is 0 Å². The predicted octanol–water partition coefficient (Wildman–Crippen LogP) is 7.08. The number of hydrogen-bond acceptors (Lipinski definition) is 0. The zero-order chi connectivity index (χ0) is 14.7. The molecule has 0 heteroatoms. The maximum absolute atomic E-state index is 2.50. The van der Waals surface area contributed by atoms with Gasteiger partial charge < -0.3 is 0 Å². The smallest absolute Gasteiger partial charge is 0.0391 e. The predicted molar refractivity (Wildman–Crippen MR) is 89.6 cm³/mol. The van der Waals surface area contributed by atoms with Crippen LogP contribution in [0.1, 0.15) is 99.3 Å². The molecule has 0 nitrogen and oxygen atoms in total. The Morgan fingerprint density at radius 3 is 1.74 bits per heavy atom. The fourth-order valence-corrected chi connectivity index (χ4v) is 3.37. The molecular weight excluding hydrogens is 228 g/mol. The third-order valence-corrected chi connectivity index (χ3v) is 5.18. The summed E-state index contributed by atoms with van der Waals surface area (Å²) in [5.41, 5.74) is 0. The van der Waals surface area contributed by atoms with Gasteiger partial charge in [-0.25, -0.2) is 0 Å². The van der Waals surface area contributed by atoms with Crippen molar-refractivity contribution in [2.75, 3.05) is 0 Å². The van der Waals surface area contributed by atoms with Crippen molar-refractivity contribution >= 4 is 0 Å². The van der Waals surface area contributed by atoms with Crippen molar-refractivity contribution in [3.8, 4) is 0 Å². The fourth-order valence-electron chi connectivity index (χ4n) is 3.37. The summed E-state index contributed by atoms with van der Waals surface area (Å²) in [7, 11) is 0. The molecule has 0 radical (unpaired) electrons. The molecule has 0 aliphatic carbocycles. The van der Waals surface area contributed by atoms with Crippen LogP contribution in [0.3, 0.4) is 0 Å². The van der Waals surface area contributed by atoms with E-state index in [-0.39, 0.29) is 0 Å². The molecule has 116 valence electrons. The first-order valence-corrected chi connectivity index (χ1v) is 9.06. The van der Waals surface area contributed by atoms with Crippen LogP contribution in [0.25, 0.3) is 0 Å². The van der Waals surface area contributed by atoms with Crippen molar-refractivity contribution < 1.29 is 0 Å². The Morgan fingerprint density at radius 2 is 1.21 bits per heavy atom. The Balaban J connectivity index is 4.16. The van der Waals surface area contributed by atoms with Gasteiger partial charge >= 0.3 is 0 Å². The van der Waals surface area contributed by atoms with Crippen LogP contribution in [0.5, 0.6) is 0 Å². The van der Waals surface area contributed by atoms with Crippen molar-refractivity contribution in [2.45, 2.75) is 99.3 Å². The Morgan fingerprint density at radius 1 is 0.632 bits per heavy atom. The van der Waals surface area contributed by atoms with Gasteiger partial charge in [0.2, 0.25) is 0 Å². The summed E-state index contributed by atoms with van der Waals surface area (Å²) in [6, 6.07) is 0. The van der Waals surface area contributed by atoms with E-state index in [0.717, 1.165) is 23.7 Å². The van der Waals surface area contributed by atoms with Crippen LogP contribution in [0.2, 0.25) is 0 Å².